The van der Waals surface area contributed by atoms with E-state index in [1.165, 1.54) is 0 Å². The molecule has 1 heterocycles. The molecular weight excluding hydrogens is 476 g/mol. The van der Waals surface area contributed by atoms with Gasteiger partial charge in [-0.1, -0.05) is 60.5 Å². The van der Waals surface area contributed by atoms with Gasteiger partial charge in [0.1, 0.15) is 12.7 Å². The van der Waals surface area contributed by atoms with Crippen molar-refractivity contribution in [1.29, 1.82) is 0 Å². The van der Waals surface area contributed by atoms with Crippen molar-refractivity contribution >= 4 is 24.2 Å². The minimum Gasteiger partial charge on any atom is -0.459 e. The van der Waals surface area contributed by atoms with Crippen LogP contribution in [0.3, 0.4) is 0 Å². The van der Waals surface area contributed by atoms with Gasteiger partial charge in [-0.15, -0.1) is 0 Å². The Kier molecular flexibility index (Phi) is 8.42. The number of aldehydes is 1. The Morgan fingerprint density at radius 2 is 1.16 bits per heavy atom. The fourth-order valence-corrected chi connectivity index (χ4v) is 3.71. The monoisotopic (exact) mass is 498 g/mol. The summed E-state index contributed by atoms with van der Waals surface area (Å²) in [5, 5.41) is 0. The molecule has 1 fully saturated rings. The summed E-state index contributed by atoms with van der Waals surface area (Å²) in [4.78, 5) is 49.2. The predicted octanol–water partition coefficient (Wildman–Crippen LogP) is 3.26. The molecule has 8 heteroatoms. The lowest BCUT2D eigenvalue weighted by molar-refractivity contribution is -0.103. The largest absolute Gasteiger partial charge is 0.459 e. The third-order valence-electron chi connectivity index (χ3n) is 5.49. The minimum absolute atomic E-state index is 0.261. The first-order valence-electron chi connectivity index (χ1n) is 11.4. The topological polar surface area (TPSA) is 105 Å². The molecule has 0 amide bonds. The van der Waals surface area contributed by atoms with Crippen LogP contribution in [0, 0.1) is 11.8 Å². The fourth-order valence-electron chi connectivity index (χ4n) is 3.71. The van der Waals surface area contributed by atoms with Crippen LogP contribution in [0.4, 0.5) is 0 Å². The van der Waals surface area contributed by atoms with Crippen LogP contribution in [-0.4, -0.2) is 55.2 Å². The quantitative estimate of drug-likeness (QED) is 0.212. The standard InChI is InChI=1S/C29H22O8/c30-18-10-17-23-25(36-28(32)21-13-6-2-7-14-21)26(37-29(33)22-15-8-3-9-16-22)24(35-23)19-34-27(31)20-11-4-1-5-12-20/h1-9,11-16,18,23-26H,19H2/t23?,24-,25+,26-/m1/s1. The molecule has 0 radical (unpaired) electrons. The third kappa shape index (κ3) is 6.48. The van der Waals surface area contributed by atoms with Crippen LogP contribution < -0.4 is 0 Å². The Labute approximate surface area is 213 Å². The van der Waals surface area contributed by atoms with Gasteiger partial charge in [0.05, 0.1) is 16.7 Å². The Balaban J connectivity index is 1.60. The Morgan fingerprint density at radius 1 is 0.703 bits per heavy atom. The Bertz CT molecular complexity index is 1300. The number of carbonyl (C=O) groups excluding carboxylic acids is 4. The van der Waals surface area contributed by atoms with Crippen molar-refractivity contribution in [1.82, 2.24) is 0 Å². The summed E-state index contributed by atoms with van der Waals surface area (Å²) >= 11 is 0. The van der Waals surface area contributed by atoms with Crippen LogP contribution in [0.25, 0.3) is 0 Å². The highest BCUT2D eigenvalue weighted by Gasteiger charge is 2.50. The van der Waals surface area contributed by atoms with Gasteiger partial charge >= 0.3 is 17.9 Å². The van der Waals surface area contributed by atoms with Crippen LogP contribution >= 0.6 is 0 Å². The molecule has 1 aliphatic heterocycles. The molecule has 0 spiro atoms. The lowest BCUT2D eigenvalue weighted by atomic mass is 10.1. The van der Waals surface area contributed by atoms with Gasteiger partial charge < -0.3 is 18.9 Å². The highest BCUT2D eigenvalue weighted by molar-refractivity contribution is 5.91. The molecule has 0 aliphatic carbocycles. The molecule has 0 aromatic heterocycles. The van der Waals surface area contributed by atoms with E-state index in [4.69, 9.17) is 18.9 Å². The zero-order valence-corrected chi connectivity index (χ0v) is 19.5. The average molecular weight is 498 g/mol. The fraction of sp³-hybridized carbons (Fsp3) is 0.172. The van der Waals surface area contributed by atoms with Crippen molar-refractivity contribution in [2.75, 3.05) is 6.61 Å². The van der Waals surface area contributed by atoms with E-state index in [0.717, 1.165) is 0 Å². The van der Waals surface area contributed by atoms with Gasteiger partial charge in [0.15, 0.2) is 24.6 Å². The number of benzene rings is 3. The Hall–Kier alpha value is -4.74. The van der Waals surface area contributed by atoms with Crippen LogP contribution in [0.15, 0.2) is 91.0 Å². The van der Waals surface area contributed by atoms with Gasteiger partial charge in [0, 0.05) is 0 Å². The summed E-state index contributed by atoms with van der Waals surface area (Å²) in [6.45, 7) is -0.320. The number of ether oxygens (including phenoxy) is 4. The molecule has 37 heavy (non-hydrogen) atoms. The van der Waals surface area contributed by atoms with Crippen molar-refractivity contribution < 1.29 is 38.1 Å². The maximum atomic E-state index is 12.9. The van der Waals surface area contributed by atoms with E-state index >= 15 is 0 Å². The van der Waals surface area contributed by atoms with Crippen LogP contribution in [0.2, 0.25) is 0 Å². The second-order valence-electron chi connectivity index (χ2n) is 7.94. The molecular formula is C29H22O8. The summed E-state index contributed by atoms with van der Waals surface area (Å²) in [6.07, 6.45) is -4.16. The van der Waals surface area contributed by atoms with Crippen molar-refractivity contribution in [2.24, 2.45) is 0 Å². The van der Waals surface area contributed by atoms with Gasteiger partial charge in [-0.05, 0) is 42.3 Å². The van der Waals surface area contributed by atoms with Crippen molar-refractivity contribution in [3.8, 4) is 11.8 Å². The average Bonchev–Trinajstić information content (AvgIpc) is 3.27. The normalized spacial score (nSPS) is 20.1. The lowest BCUT2D eigenvalue weighted by Gasteiger charge is -2.23. The molecule has 8 nitrogen and oxygen atoms in total. The molecule has 0 saturated carbocycles. The zero-order chi connectivity index (χ0) is 26.0. The molecule has 0 N–H and O–H groups in total. The van der Waals surface area contributed by atoms with Crippen molar-refractivity contribution in [3.63, 3.8) is 0 Å². The van der Waals surface area contributed by atoms with E-state index in [2.05, 4.69) is 11.8 Å². The van der Waals surface area contributed by atoms with E-state index in [1.807, 2.05) is 0 Å². The third-order valence-corrected chi connectivity index (χ3v) is 5.49. The van der Waals surface area contributed by atoms with Gasteiger partial charge in [-0.3, -0.25) is 4.79 Å². The number of carbonyl (C=O) groups is 4. The van der Waals surface area contributed by atoms with Crippen molar-refractivity contribution in [2.45, 2.75) is 24.4 Å². The van der Waals surface area contributed by atoms with Crippen LogP contribution in [0.1, 0.15) is 31.1 Å². The molecule has 1 saturated heterocycles. The summed E-state index contributed by atoms with van der Waals surface area (Å²) in [7, 11) is 0. The van der Waals surface area contributed by atoms with Gasteiger partial charge in [0.2, 0.25) is 0 Å². The predicted molar refractivity (Wildman–Crippen MR) is 131 cm³/mol. The zero-order valence-electron chi connectivity index (χ0n) is 19.5. The molecule has 1 aliphatic rings. The summed E-state index contributed by atoms with van der Waals surface area (Å²) in [6, 6.07) is 24.8. The SMILES string of the molecule is O=CC#CC1O[C@H](COC(=O)c2ccccc2)[C@@H](OC(=O)c2ccccc2)[C@H]1OC(=O)c1ccccc1. The lowest BCUT2D eigenvalue weighted by Crippen LogP contribution is -2.41. The van der Waals surface area contributed by atoms with Gasteiger partial charge in [0.25, 0.3) is 0 Å². The molecule has 3 aromatic rings. The second kappa shape index (κ2) is 12.3. The summed E-state index contributed by atoms with van der Waals surface area (Å²) in [5.74, 6) is 2.83. The molecule has 3 aromatic carbocycles. The van der Waals surface area contributed by atoms with E-state index in [9.17, 15) is 19.2 Å². The van der Waals surface area contributed by atoms with Gasteiger partial charge in [-0.25, -0.2) is 14.4 Å². The first kappa shape index (κ1) is 25.4. The number of hydrogen-bond donors (Lipinski definition) is 0. The van der Waals surface area contributed by atoms with E-state index in [1.54, 1.807) is 91.0 Å². The van der Waals surface area contributed by atoms with Gasteiger partial charge in [-0.2, -0.15) is 0 Å². The smallest absolute Gasteiger partial charge is 0.338 e. The highest BCUT2D eigenvalue weighted by atomic mass is 16.6. The molecule has 1 unspecified atom stereocenters. The van der Waals surface area contributed by atoms with Crippen LogP contribution in [-0.2, 0) is 23.7 Å². The maximum absolute atomic E-state index is 12.9. The van der Waals surface area contributed by atoms with Crippen LogP contribution in [0.5, 0.6) is 0 Å². The number of esters is 3. The first-order valence-corrected chi connectivity index (χ1v) is 11.4. The minimum atomic E-state index is -1.20. The van der Waals surface area contributed by atoms with E-state index < -0.39 is 42.3 Å². The number of hydrogen-bond acceptors (Lipinski definition) is 8. The molecule has 4 atom stereocenters. The Morgan fingerprint density at radius 3 is 1.65 bits per heavy atom. The maximum Gasteiger partial charge on any atom is 0.338 e. The molecule has 186 valence electrons. The molecule has 4 rings (SSSR count). The van der Waals surface area contributed by atoms with E-state index in [-0.39, 0.29) is 17.7 Å². The summed E-state index contributed by atoms with van der Waals surface area (Å²) in [5.41, 5.74) is 0.845. The van der Waals surface area contributed by atoms with Crippen molar-refractivity contribution in [3.05, 3.63) is 108 Å². The first-order chi connectivity index (χ1) is 18.1. The summed E-state index contributed by atoms with van der Waals surface area (Å²) < 4.78 is 22.7. The second-order valence-corrected chi connectivity index (χ2v) is 7.94. The van der Waals surface area contributed by atoms with E-state index in [0.29, 0.717) is 11.8 Å². The molecule has 0 bridgehead atoms. The number of rotatable bonds is 7. The highest BCUT2D eigenvalue weighted by Crippen LogP contribution is 2.29.